The summed E-state index contributed by atoms with van der Waals surface area (Å²) in [6.45, 7) is 0.131. The number of aliphatic hydroxyl groups excluding tert-OH is 1. The minimum atomic E-state index is -0.757. The summed E-state index contributed by atoms with van der Waals surface area (Å²) in [7, 11) is 0. The molecule has 2 aromatic rings. The molecular formula is C11H10Cl2N2O. The average Bonchev–Trinajstić information content (AvgIpc) is 2.28. The molecule has 2 rings (SSSR count). The highest BCUT2D eigenvalue weighted by molar-refractivity contribution is 6.36. The first kappa shape index (κ1) is 11.6. The van der Waals surface area contributed by atoms with Crippen molar-refractivity contribution in [3.63, 3.8) is 0 Å². The van der Waals surface area contributed by atoms with E-state index in [1.807, 2.05) is 0 Å². The zero-order valence-corrected chi connectivity index (χ0v) is 9.83. The zero-order chi connectivity index (χ0) is 11.7. The topological polar surface area (TPSA) is 59.1 Å². The molecule has 0 bridgehead atoms. The fraction of sp³-hybridized carbons (Fsp3) is 0.182. The molecule has 5 heteroatoms. The number of fused-ring (bicyclic) bond motifs is 1. The molecule has 0 spiro atoms. The van der Waals surface area contributed by atoms with E-state index in [1.54, 1.807) is 24.3 Å². The van der Waals surface area contributed by atoms with Crippen molar-refractivity contribution in [3.05, 3.63) is 40.0 Å². The molecule has 0 fully saturated rings. The molecule has 0 aliphatic carbocycles. The van der Waals surface area contributed by atoms with Crippen LogP contribution in [0.4, 0.5) is 0 Å². The number of nitrogens with zero attached hydrogens (tertiary/aromatic N) is 1. The van der Waals surface area contributed by atoms with E-state index < -0.39 is 6.10 Å². The van der Waals surface area contributed by atoms with Crippen LogP contribution in [0, 0.1) is 0 Å². The van der Waals surface area contributed by atoms with Crippen molar-refractivity contribution in [1.29, 1.82) is 0 Å². The maximum Gasteiger partial charge on any atom is 0.129 e. The van der Waals surface area contributed by atoms with Crippen molar-refractivity contribution in [1.82, 2.24) is 4.98 Å². The van der Waals surface area contributed by atoms with Crippen LogP contribution in [-0.2, 0) is 0 Å². The predicted molar refractivity (Wildman–Crippen MR) is 65.8 cm³/mol. The molecule has 3 N–H and O–H groups in total. The SMILES string of the molecule is NCC(O)c1ccc2nc(Cl)ccc2c1Cl. The van der Waals surface area contributed by atoms with E-state index in [1.165, 1.54) is 0 Å². The Morgan fingerprint density at radius 2 is 2.00 bits per heavy atom. The lowest BCUT2D eigenvalue weighted by Crippen LogP contribution is -2.12. The Morgan fingerprint density at radius 1 is 1.25 bits per heavy atom. The van der Waals surface area contributed by atoms with Gasteiger partial charge < -0.3 is 10.8 Å². The smallest absolute Gasteiger partial charge is 0.129 e. The van der Waals surface area contributed by atoms with Crippen molar-refractivity contribution in [2.75, 3.05) is 6.54 Å². The van der Waals surface area contributed by atoms with Crippen LogP contribution in [0.5, 0.6) is 0 Å². The maximum atomic E-state index is 9.67. The van der Waals surface area contributed by atoms with Gasteiger partial charge in [0.1, 0.15) is 5.15 Å². The zero-order valence-electron chi connectivity index (χ0n) is 8.32. The van der Waals surface area contributed by atoms with Crippen molar-refractivity contribution >= 4 is 34.1 Å². The third-order valence-electron chi connectivity index (χ3n) is 2.38. The Bertz CT molecular complexity index is 531. The summed E-state index contributed by atoms with van der Waals surface area (Å²) in [4.78, 5) is 4.13. The van der Waals surface area contributed by atoms with E-state index in [4.69, 9.17) is 28.9 Å². The van der Waals surface area contributed by atoms with Crippen molar-refractivity contribution in [2.24, 2.45) is 5.73 Å². The Hall–Kier alpha value is -0.870. The number of rotatable bonds is 2. The van der Waals surface area contributed by atoms with Gasteiger partial charge in [-0.2, -0.15) is 0 Å². The summed E-state index contributed by atoms with van der Waals surface area (Å²) < 4.78 is 0. The molecule has 0 saturated carbocycles. The molecule has 1 aromatic carbocycles. The van der Waals surface area contributed by atoms with E-state index in [9.17, 15) is 5.11 Å². The van der Waals surface area contributed by atoms with Gasteiger partial charge in [-0.15, -0.1) is 0 Å². The highest BCUT2D eigenvalue weighted by atomic mass is 35.5. The largest absolute Gasteiger partial charge is 0.387 e. The van der Waals surface area contributed by atoms with Crippen LogP contribution in [-0.4, -0.2) is 16.6 Å². The lowest BCUT2D eigenvalue weighted by molar-refractivity contribution is 0.187. The van der Waals surface area contributed by atoms with Gasteiger partial charge in [-0.1, -0.05) is 29.3 Å². The average molecular weight is 257 g/mol. The summed E-state index contributed by atoms with van der Waals surface area (Å²) in [6, 6.07) is 6.92. The van der Waals surface area contributed by atoms with Crippen LogP contribution in [0.2, 0.25) is 10.2 Å². The Labute approximate surface area is 103 Å². The molecule has 0 aliphatic heterocycles. The molecule has 3 nitrogen and oxygen atoms in total. The highest BCUT2D eigenvalue weighted by Crippen LogP contribution is 2.30. The number of pyridine rings is 1. The minimum Gasteiger partial charge on any atom is -0.387 e. The molecule has 0 amide bonds. The minimum absolute atomic E-state index is 0.131. The van der Waals surface area contributed by atoms with Gasteiger partial charge >= 0.3 is 0 Å². The maximum absolute atomic E-state index is 9.67. The molecular weight excluding hydrogens is 247 g/mol. The fourth-order valence-corrected chi connectivity index (χ4v) is 2.05. The molecule has 1 heterocycles. The molecule has 0 saturated heterocycles. The Kier molecular flexibility index (Phi) is 3.30. The normalized spacial score (nSPS) is 13.0. The van der Waals surface area contributed by atoms with Crippen LogP contribution >= 0.6 is 23.2 Å². The monoisotopic (exact) mass is 256 g/mol. The van der Waals surface area contributed by atoms with E-state index in [0.717, 1.165) is 5.39 Å². The van der Waals surface area contributed by atoms with Gasteiger partial charge in [0.15, 0.2) is 0 Å². The highest BCUT2D eigenvalue weighted by Gasteiger charge is 2.12. The van der Waals surface area contributed by atoms with Gasteiger partial charge in [-0.25, -0.2) is 4.98 Å². The van der Waals surface area contributed by atoms with Gasteiger partial charge in [-0.05, 0) is 18.2 Å². The van der Waals surface area contributed by atoms with Crippen LogP contribution in [0.1, 0.15) is 11.7 Å². The van der Waals surface area contributed by atoms with E-state index in [0.29, 0.717) is 21.3 Å². The summed E-state index contributed by atoms with van der Waals surface area (Å²) >= 11 is 11.9. The van der Waals surface area contributed by atoms with Crippen molar-refractivity contribution in [3.8, 4) is 0 Å². The number of aliphatic hydroxyl groups is 1. The second-order valence-electron chi connectivity index (χ2n) is 3.42. The number of halogens is 2. The van der Waals surface area contributed by atoms with Gasteiger partial charge in [-0.3, -0.25) is 0 Å². The second-order valence-corrected chi connectivity index (χ2v) is 4.19. The molecule has 84 valence electrons. The molecule has 1 unspecified atom stereocenters. The quantitative estimate of drug-likeness (QED) is 0.813. The first-order valence-corrected chi connectivity index (χ1v) is 5.52. The number of hydrogen-bond acceptors (Lipinski definition) is 3. The van der Waals surface area contributed by atoms with Gasteiger partial charge in [0.2, 0.25) is 0 Å². The Morgan fingerprint density at radius 3 is 2.69 bits per heavy atom. The first-order chi connectivity index (χ1) is 7.63. The molecule has 1 aromatic heterocycles. The van der Waals surface area contributed by atoms with Gasteiger partial charge in [0.25, 0.3) is 0 Å². The van der Waals surface area contributed by atoms with Crippen molar-refractivity contribution in [2.45, 2.75) is 6.10 Å². The molecule has 1 atom stereocenters. The molecule has 0 radical (unpaired) electrons. The third-order valence-corrected chi connectivity index (χ3v) is 3.02. The lowest BCUT2D eigenvalue weighted by Gasteiger charge is -2.11. The summed E-state index contributed by atoms with van der Waals surface area (Å²) in [5.41, 5.74) is 6.71. The summed E-state index contributed by atoms with van der Waals surface area (Å²) in [5.74, 6) is 0. The number of aromatic nitrogens is 1. The molecule has 16 heavy (non-hydrogen) atoms. The summed E-state index contributed by atoms with van der Waals surface area (Å²) in [6.07, 6.45) is -0.757. The van der Waals surface area contributed by atoms with Crippen LogP contribution in [0.3, 0.4) is 0 Å². The van der Waals surface area contributed by atoms with Crippen LogP contribution < -0.4 is 5.73 Å². The van der Waals surface area contributed by atoms with E-state index in [2.05, 4.69) is 4.98 Å². The van der Waals surface area contributed by atoms with E-state index >= 15 is 0 Å². The first-order valence-electron chi connectivity index (χ1n) is 4.76. The number of nitrogens with two attached hydrogens (primary N) is 1. The number of benzene rings is 1. The van der Waals surface area contributed by atoms with Gasteiger partial charge in [0, 0.05) is 17.5 Å². The standard InChI is InChI=1S/C11H10Cl2N2O/c12-10-4-2-6-8(15-10)3-1-7(11(6)13)9(16)5-14/h1-4,9,16H,5,14H2. The predicted octanol–water partition coefficient (Wildman–Crippen LogP) is 2.53. The second kappa shape index (κ2) is 4.55. The summed E-state index contributed by atoms with van der Waals surface area (Å²) in [5, 5.41) is 11.3. The molecule has 0 aliphatic rings. The lowest BCUT2D eigenvalue weighted by atomic mass is 10.1. The Balaban J connectivity index is 2.65. The van der Waals surface area contributed by atoms with Crippen molar-refractivity contribution < 1.29 is 5.11 Å². The van der Waals surface area contributed by atoms with Crippen LogP contribution in [0.15, 0.2) is 24.3 Å². The van der Waals surface area contributed by atoms with E-state index in [-0.39, 0.29) is 6.54 Å². The third kappa shape index (κ3) is 1.99. The van der Waals surface area contributed by atoms with Gasteiger partial charge in [0.05, 0.1) is 16.6 Å². The number of hydrogen-bond donors (Lipinski definition) is 2. The van der Waals surface area contributed by atoms with Crippen LogP contribution in [0.25, 0.3) is 10.9 Å². The fourth-order valence-electron chi connectivity index (χ4n) is 1.54.